The zero-order chi connectivity index (χ0) is 16.4. The van der Waals surface area contributed by atoms with Crippen molar-refractivity contribution in [1.29, 1.82) is 0 Å². The fourth-order valence-corrected chi connectivity index (χ4v) is 2.95. The molecule has 0 saturated heterocycles. The molecule has 0 aliphatic rings. The van der Waals surface area contributed by atoms with Gasteiger partial charge in [-0.3, -0.25) is 4.99 Å². The standard InChI is InChI=1S/C18H18Cl3N/c1-10-5-6-14(12(3)11(10)2)9-22-13(4)15-7-8-16(19)18(21)17(15)20/h5-9,13H,1-4H3. The molecule has 0 aliphatic carbocycles. The predicted molar refractivity (Wildman–Crippen MR) is 98.1 cm³/mol. The molecule has 0 spiro atoms. The number of hydrogen-bond donors (Lipinski definition) is 0. The van der Waals surface area contributed by atoms with E-state index in [2.05, 4.69) is 37.9 Å². The minimum absolute atomic E-state index is 0.0942. The van der Waals surface area contributed by atoms with Crippen molar-refractivity contribution in [3.05, 3.63) is 67.2 Å². The van der Waals surface area contributed by atoms with Gasteiger partial charge in [0.2, 0.25) is 0 Å². The van der Waals surface area contributed by atoms with E-state index in [9.17, 15) is 0 Å². The van der Waals surface area contributed by atoms with Crippen molar-refractivity contribution in [2.45, 2.75) is 33.7 Å². The Morgan fingerprint density at radius 3 is 2.27 bits per heavy atom. The van der Waals surface area contributed by atoms with E-state index >= 15 is 0 Å². The average Bonchev–Trinajstić information content (AvgIpc) is 2.49. The van der Waals surface area contributed by atoms with Crippen molar-refractivity contribution in [3.8, 4) is 0 Å². The summed E-state index contributed by atoms with van der Waals surface area (Å²) >= 11 is 18.3. The second-order valence-electron chi connectivity index (χ2n) is 5.44. The normalized spacial score (nSPS) is 12.9. The second kappa shape index (κ2) is 7.04. The van der Waals surface area contributed by atoms with Gasteiger partial charge in [-0.2, -0.15) is 0 Å². The Bertz CT molecular complexity index is 736. The van der Waals surface area contributed by atoms with Crippen LogP contribution in [-0.2, 0) is 0 Å². The average molecular weight is 355 g/mol. The third-order valence-electron chi connectivity index (χ3n) is 4.05. The Morgan fingerprint density at radius 1 is 0.909 bits per heavy atom. The van der Waals surface area contributed by atoms with Crippen LogP contribution in [0, 0.1) is 20.8 Å². The van der Waals surface area contributed by atoms with Gasteiger partial charge in [0.15, 0.2) is 0 Å². The molecule has 0 bridgehead atoms. The SMILES string of the molecule is Cc1ccc(C=NC(C)c2ccc(Cl)c(Cl)c2Cl)c(C)c1C. The van der Waals surface area contributed by atoms with Crippen LogP contribution in [-0.4, -0.2) is 6.21 Å². The molecule has 0 fully saturated rings. The lowest BCUT2D eigenvalue weighted by molar-refractivity contribution is 0.825. The first-order valence-electron chi connectivity index (χ1n) is 7.06. The first-order valence-corrected chi connectivity index (χ1v) is 8.19. The zero-order valence-corrected chi connectivity index (χ0v) is 15.3. The summed E-state index contributed by atoms with van der Waals surface area (Å²) in [6.07, 6.45) is 1.89. The molecule has 0 amide bonds. The second-order valence-corrected chi connectivity index (χ2v) is 6.60. The van der Waals surface area contributed by atoms with Crippen LogP contribution in [0.3, 0.4) is 0 Å². The van der Waals surface area contributed by atoms with E-state index in [1.165, 1.54) is 16.7 Å². The molecule has 1 unspecified atom stereocenters. The van der Waals surface area contributed by atoms with Gasteiger partial charge in [-0.1, -0.05) is 53.0 Å². The highest BCUT2D eigenvalue weighted by molar-refractivity contribution is 6.48. The Kier molecular flexibility index (Phi) is 5.55. The van der Waals surface area contributed by atoms with Crippen molar-refractivity contribution in [1.82, 2.24) is 0 Å². The molecule has 1 nitrogen and oxygen atoms in total. The van der Waals surface area contributed by atoms with Gasteiger partial charge in [0.25, 0.3) is 0 Å². The smallest absolute Gasteiger partial charge is 0.0782 e. The summed E-state index contributed by atoms with van der Waals surface area (Å²) < 4.78 is 0. The van der Waals surface area contributed by atoms with E-state index in [4.69, 9.17) is 34.8 Å². The fourth-order valence-electron chi connectivity index (χ4n) is 2.25. The van der Waals surface area contributed by atoms with E-state index in [1.807, 2.05) is 19.2 Å². The van der Waals surface area contributed by atoms with Crippen LogP contribution in [0.25, 0.3) is 0 Å². The highest BCUT2D eigenvalue weighted by Crippen LogP contribution is 2.36. The molecule has 2 aromatic rings. The van der Waals surface area contributed by atoms with Gasteiger partial charge >= 0.3 is 0 Å². The Labute approximate surface area is 146 Å². The largest absolute Gasteiger partial charge is 0.285 e. The molecule has 0 N–H and O–H groups in total. The Morgan fingerprint density at radius 2 is 1.59 bits per heavy atom. The first-order chi connectivity index (χ1) is 10.3. The van der Waals surface area contributed by atoms with Crippen LogP contribution >= 0.6 is 34.8 Å². The maximum Gasteiger partial charge on any atom is 0.0782 e. The van der Waals surface area contributed by atoms with Crippen LogP contribution in [0.4, 0.5) is 0 Å². The molecule has 4 heteroatoms. The molecule has 116 valence electrons. The van der Waals surface area contributed by atoms with Gasteiger partial charge in [-0.15, -0.1) is 0 Å². The number of rotatable bonds is 3. The van der Waals surface area contributed by atoms with E-state index in [0.717, 1.165) is 11.1 Å². The van der Waals surface area contributed by atoms with Crippen molar-refractivity contribution < 1.29 is 0 Å². The van der Waals surface area contributed by atoms with Crippen molar-refractivity contribution >= 4 is 41.0 Å². The number of aliphatic imine (C=N–C) groups is 1. The topological polar surface area (TPSA) is 12.4 Å². The van der Waals surface area contributed by atoms with Crippen LogP contribution in [0.5, 0.6) is 0 Å². The summed E-state index contributed by atoms with van der Waals surface area (Å²) in [6, 6.07) is 7.72. The monoisotopic (exact) mass is 353 g/mol. The van der Waals surface area contributed by atoms with E-state index < -0.39 is 0 Å². The molecular weight excluding hydrogens is 337 g/mol. The molecule has 22 heavy (non-hydrogen) atoms. The maximum absolute atomic E-state index is 6.26. The zero-order valence-electron chi connectivity index (χ0n) is 13.0. The van der Waals surface area contributed by atoms with Gasteiger partial charge in [0.05, 0.1) is 21.1 Å². The minimum Gasteiger partial charge on any atom is -0.285 e. The van der Waals surface area contributed by atoms with Crippen molar-refractivity contribution in [2.24, 2.45) is 4.99 Å². The fraction of sp³-hybridized carbons (Fsp3) is 0.278. The number of aryl methyl sites for hydroxylation is 1. The maximum atomic E-state index is 6.26. The lowest BCUT2D eigenvalue weighted by Crippen LogP contribution is -1.97. The molecule has 0 aliphatic heterocycles. The van der Waals surface area contributed by atoms with Gasteiger partial charge in [-0.05, 0) is 61.6 Å². The van der Waals surface area contributed by atoms with Crippen LogP contribution in [0.1, 0.15) is 40.8 Å². The Balaban J connectivity index is 2.31. The molecule has 0 radical (unpaired) electrons. The van der Waals surface area contributed by atoms with E-state index in [1.54, 1.807) is 6.07 Å². The summed E-state index contributed by atoms with van der Waals surface area (Å²) in [5, 5.41) is 1.30. The highest BCUT2D eigenvalue weighted by Gasteiger charge is 2.13. The van der Waals surface area contributed by atoms with Crippen molar-refractivity contribution in [2.75, 3.05) is 0 Å². The number of nitrogens with zero attached hydrogens (tertiary/aromatic N) is 1. The summed E-state index contributed by atoms with van der Waals surface area (Å²) in [5.74, 6) is 0. The molecule has 2 aromatic carbocycles. The number of hydrogen-bond acceptors (Lipinski definition) is 1. The summed E-state index contributed by atoms with van der Waals surface area (Å²) in [5.41, 5.74) is 5.82. The first kappa shape index (κ1) is 17.3. The molecule has 1 atom stereocenters. The quantitative estimate of drug-likeness (QED) is 0.427. The van der Waals surface area contributed by atoms with Crippen molar-refractivity contribution in [3.63, 3.8) is 0 Å². The van der Waals surface area contributed by atoms with E-state index in [0.29, 0.717) is 15.1 Å². The van der Waals surface area contributed by atoms with Crippen LogP contribution in [0.15, 0.2) is 29.3 Å². The summed E-state index contributed by atoms with van der Waals surface area (Å²) in [7, 11) is 0. The third-order valence-corrected chi connectivity index (χ3v) is 5.36. The number of benzene rings is 2. The predicted octanol–water partition coefficient (Wildman–Crippen LogP) is 6.75. The lowest BCUT2D eigenvalue weighted by atomic mass is 9.99. The molecule has 0 aromatic heterocycles. The number of halogens is 3. The van der Waals surface area contributed by atoms with Gasteiger partial charge in [0.1, 0.15) is 0 Å². The molecule has 0 heterocycles. The van der Waals surface area contributed by atoms with Gasteiger partial charge in [-0.25, -0.2) is 0 Å². The van der Waals surface area contributed by atoms with Crippen LogP contribution < -0.4 is 0 Å². The molecular formula is C18H18Cl3N. The summed E-state index contributed by atoms with van der Waals surface area (Å²) in [6.45, 7) is 8.33. The van der Waals surface area contributed by atoms with Gasteiger partial charge in [0, 0.05) is 6.21 Å². The van der Waals surface area contributed by atoms with Gasteiger partial charge < -0.3 is 0 Å². The lowest BCUT2D eigenvalue weighted by Gasteiger charge is -2.12. The minimum atomic E-state index is -0.0942. The molecule has 2 rings (SSSR count). The summed E-state index contributed by atoms with van der Waals surface area (Å²) in [4.78, 5) is 4.62. The van der Waals surface area contributed by atoms with Crippen LogP contribution in [0.2, 0.25) is 15.1 Å². The molecule has 0 saturated carbocycles. The third kappa shape index (κ3) is 3.48. The van der Waals surface area contributed by atoms with E-state index in [-0.39, 0.29) is 6.04 Å². The Hall–Kier alpha value is -1.02. The highest BCUT2D eigenvalue weighted by atomic mass is 35.5.